The molecule has 0 amide bonds. The normalized spacial score (nSPS) is 24.6. The molecule has 1 aliphatic heterocycles. The highest BCUT2D eigenvalue weighted by molar-refractivity contribution is 5.80. The predicted molar refractivity (Wildman–Crippen MR) is 134 cm³/mol. The third-order valence-corrected chi connectivity index (χ3v) is 5.33. The molecule has 0 aromatic heterocycles. The van der Waals surface area contributed by atoms with Crippen LogP contribution in [0.25, 0.3) is 0 Å². The van der Waals surface area contributed by atoms with E-state index in [1.54, 1.807) is 83.1 Å². The van der Waals surface area contributed by atoms with Gasteiger partial charge in [0.25, 0.3) is 0 Å². The number of methoxy groups -OCH3 is 1. The molecule has 11 heteroatoms. The zero-order chi connectivity index (χ0) is 30.0. The second kappa shape index (κ2) is 11.6. The lowest BCUT2D eigenvalue weighted by molar-refractivity contribution is -0.300. The van der Waals surface area contributed by atoms with E-state index in [2.05, 4.69) is 0 Å². The van der Waals surface area contributed by atoms with Crippen LogP contribution in [0.15, 0.2) is 0 Å². The molecular formula is C27H44O11. The largest absolute Gasteiger partial charge is 0.467 e. The predicted octanol–water partition coefficient (Wildman–Crippen LogP) is 3.35. The van der Waals surface area contributed by atoms with Crippen LogP contribution in [0.2, 0.25) is 0 Å². The summed E-state index contributed by atoms with van der Waals surface area (Å²) in [6, 6.07) is 0. The molecule has 38 heavy (non-hydrogen) atoms. The number of carbonyl (C=O) groups excluding carboxylic acids is 5. The van der Waals surface area contributed by atoms with Gasteiger partial charge in [0.2, 0.25) is 12.4 Å². The van der Waals surface area contributed by atoms with E-state index in [1.807, 2.05) is 0 Å². The minimum atomic E-state index is -1.69. The van der Waals surface area contributed by atoms with Crippen LogP contribution < -0.4 is 0 Å². The molecule has 0 bridgehead atoms. The molecule has 0 aromatic carbocycles. The third-order valence-electron chi connectivity index (χ3n) is 5.33. The number of rotatable bonds is 5. The Morgan fingerprint density at radius 1 is 0.500 bits per heavy atom. The molecule has 0 saturated carbocycles. The first kappa shape index (κ1) is 33.3. The Labute approximate surface area is 225 Å². The summed E-state index contributed by atoms with van der Waals surface area (Å²) in [5.41, 5.74) is -4.08. The molecule has 0 spiro atoms. The minimum Gasteiger partial charge on any atom is -0.467 e. The van der Waals surface area contributed by atoms with E-state index in [0.717, 1.165) is 7.11 Å². The fourth-order valence-corrected chi connectivity index (χ4v) is 2.78. The molecule has 1 heterocycles. The lowest BCUT2D eigenvalue weighted by atomic mass is 9.92. The van der Waals surface area contributed by atoms with Crippen molar-refractivity contribution in [2.45, 2.75) is 114 Å². The topological polar surface area (TPSA) is 141 Å². The molecule has 1 saturated heterocycles. The van der Waals surface area contributed by atoms with E-state index in [0.29, 0.717) is 0 Å². The first-order valence-corrected chi connectivity index (χ1v) is 12.5. The van der Waals surface area contributed by atoms with E-state index < -0.39 is 82.2 Å². The molecule has 0 aliphatic carbocycles. The van der Waals surface area contributed by atoms with Crippen molar-refractivity contribution in [3.05, 3.63) is 0 Å². The molecule has 5 unspecified atom stereocenters. The summed E-state index contributed by atoms with van der Waals surface area (Å²) in [6.07, 6.45) is -8.14. The molecule has 1 rings (SSSR count). The highest BCUT2D eigenvalue weighted by Gasteiger charge is 2.58. The van der Waals surface area contributed by atoms with Crippen molar-refractivity contribution in [3.63, 3.8) is 0 Å². The second-order valence-electron chi connectivity index (χ2n) is 13.5. The molecule has 11 nitrogen and oxygen atoms in total. The van der Waals surface area contributed by atoms with Crippen molar-refractivity contribution in [3.8, 4) is 0 Å². The average Bonchev–Trinajstić information content (AvgIpc) is 2.73. The third kappa shape index (κ3) is 8.68. The van der Waals surface area contributed by atoms with E-state index in [4.69, 9.17) is 28.4 Å². The zero-order valence-corrected chi connectivity index (χ0v) is 24.9. The minimum absolute atomic E-state index is 0.739. The van der Waals surface area contributed by atoms with Crippen LogP contribution in [-0.4, -0.2) is 67.7 Å². The van der Waals surface area contributed by atoms with E-state index in [-0.39, 0.29) is 0 Å². The van der Waals surface area contributed by atoms with E-state index >= 15 is 0 Å². The van der Waals surface area contributed by atoms with E-state index in [1.165, 1.54) is 0 Å². The monoisotopic (exact) mass is 544 g/mol. The maximum atomic E-state index is 13.1. The Morgan fingerprint density at radius 3 is 1.16 bits per heavy atom. The molecule has 0 aromatic rings. The summed E-state index contributed by atoms with van der Waals surface area (Å²) in [5, 5.41) is 0. The Kier molecular flexibility index (Phi) is 10.2. The maximum absolute atomic E-state index is 13.1. The van der Waals surface area contributed by atoms with Crippen molar-refractivity contribution >= 4 is 29.8 Å². The lowest BCUT2D eigenvalue weighted by Gasteiger charge is -2.45. The van der Waals surface area contributed by atoms with E-state index in [9.17, 15) is 24.0 Å². The van der Waals surface area contributed by atoms with Gasteiger partial charge in [-0.15, -0.1) is 0 Å². The van der Waals surface area contributed by atoms with Crippen molar-refractivity contribution in [2.24, 2.45) is 21.7 Å². The van der Waals surface area contributed by atoms with Crippen LogP contribution in [-0.2, 0) is 52.4 Å². The second-order valence-corrected chi connectivity index (χ2v) is 13.5. The number of hydrogen-bond donors (Lipinski definition) is 0. The van der Waals surface area contributed by atoms with Gasteiger partial charge >= 0.3 is 29.8 Å². The number of esters is 5. The van der Waals surface area contributed by atoms with Gasteiger partial charge in [-0.2, -0.15) is 0 Å². The smallest absolute Gasteiger partial charge is 0.339 e. The summed E-state index contributed by atoms with van der Waals surface area (Å²) in [5.74, 6) is -3.96. The summed E-state index contributed by atoms with van der Waals surface area (Å²) in [4.78, 5) is 64.6. The van der Waals surface area contributed by atoms with Gasteiger partial charge in [0, 0.05) is 0 Å². The molecule has 0 N–H and O–H groups in total. The Bertz CT molecular complexity index is 909. The van der Waals surface area contributed by atoms with Crippen molar-refractivity contribution in [1.29, 1.82) is 0 Å². The quantitative estimate of drug-likeness (QED) is 0.372. The van der Waals surface area contributed by atoms with Crippen LogP contribution in [0.4, 0.5) is 0 Å². The van der Waals surface area contributed by atoms with Crippen LogP contribution in [0.1, 0.15) is 83.1 Å². The average molecular weight is 545 g/mol. The van der Waals surface area contributed by atoms with Crippen LogP contribution >= 0.6 is 0 Å². The Morgan fingerprint density at radius 2 is 0.816 bits per heavy atom. The summed E-state index contributed by atoms with van der Waals surface area (Å²) < 4.78 is 33.3. The summed E-state index contributed by atoms with van der Waals surface area (Å²) >= 11 is 0. The molecule has 218 valence electrons. The SMILES string of the molecule is COC(=O)C1OC(OC(=O)C(C)(C)C)C(OC(=O)C(C)(C)C)C(OC(=O)C(C)(C)C)C1OC(=O)C(C)(C)C. The molecule has 5 atom stereocenters. The van der Waals surface area contributed by atoms with Crippen LogP contribution in [0.5, 0.6) is 0 Å². The molecular weight excluding hydrogens is 500 g/mol. The number of carbonyl (C=O) groups is 5. The maximum Gasteiger partial charge on any atom is 0.339 e. The number of ether oxygens (including phenoxy) is 6. The van der Waals surface area contributed by atoms with Gasteiger partial charge in [-0.3, -0.25) is 19.2 Å². The molecule has 1 fully saturated rings. The van der Waals surface area contributed by atoms with Gasteiger partial charge in [-0.05, 0) is 83.1 Å². The zero-order valence-electron chi connectivity index (χ0n) is 24.9. The standard InChI is InChI=1S/C27H44O11/c1-24(2,3)20(29)35-14-15(36-21(30)25(4,5)6)17(37-22(31)26(7,8)9)19(34-16(14)18(28)33-13)38-23(32)27(10,11)12/h14-17,19H,1-13H3. The fourth-order valence-electron chi connectivity index (χ4n) is 2.78. The van der Waals surface area contributed by atoms with Crippen LogP contribution in [0, 0.1) is 21.7 Å². The summed E-state index contributed by atoms with van der Waals surface area (Å²) in [7, 11) is 1.09. The highest BCUT2D eigenvalue weighted by atomic mass is 16.8. The van der Waals surface area contributed by atoms with Gasteiger partial charge in [0.05, 0.1) is 28.8 Å². The number of hydrogen-bond acceptors (Lipinski definition) is 11. The highest BCUT2D eigenvalue weighted by Crippen LogP contribution is 2.35. The van der Waals surface area contributed by atoms with Crippen LogP contribution in [0.3, 0.4) is 0 Å². The van der Waals surface area contributed by atoms with Crippen molar-refractivity contribution in [2.75, 3.05) is 7.11 Å². The summed E-state index contributed by atoms with van der Waals surface area (Å²) in [6.45, 7) is 19.1. The van der Waals surface area contributed by atoms with Gasteiger partial charge in [0.15, 0.2) is 18.3 Å². The van der Waals surface area contributed by atoms with Gasteiger partial charge < -0.3 is 28.4 Å². The molecule has 0 radical (unpaired) electrons. The first-order chi connectivity index (χ1) is 16.9. The van der Waals surface area contributed by atoms with Gasteiger partial charge in [-0.1, -0.05) is 0 Å². The fraction of sp³-hybridized carbons (Fsp3) is 0.815. The lowest BCUT2D eigenvalue weighted by Crippen LogP contribution is -2.65. The first-order valence-electron chi connectivity index (χ1n) is 12.5. The van der Waals surface area contributed by atoms with Gasteiger partial charge in [-0.25, -0.2) is 4.79 Å². The van der Waals surface area contributed by atoms with Crippen molar-refractivity contribution in [1.82, 2.24) is 0 Å². The van der Waals surface area contributed by atoms with Crippen molar-refractivity contribution < 1.29 is 52.4 Å². The Balaban J connectivity index is 3.80. The molecule has 1 aliphatic rings. The van der Waals surface area contributed by atoms with Gasteiger partial charge in [0.1, 0.15) is 0 Å². The Hall–Kier alpha value is -2.69.